The van der Waals surface area contributed by atoms with Gasteiger partial charge in [0.15, 0.2) is 0 Å². The van der Waals surface area contributed by atoms with Crippen LogP contribution in [0.1, 0.15) is 29.8 Å². The number of benzene rings is 3. The van der Waals surface area contributed by atoms with Crippen molar-refractivity contribution in [1.29, 1.82) is 0 Å². The lowest BCUT2D eigenvalue weighted by atomic mass is 9.99. The maximum absolute atomic E-state index is 13.7. The predicted octanol–water partition coefficient (Wildman–Crippen LogP) is 5.03. The Hall–Kier alpha value is -4.21. The molecule has 0 saturated heterocycles. The summed E-state index contributed by atoms with van der Waals surface area (Å²) in [6.45, 7) is 3.03. The summed E-state index contributed by atoms with van der Waals surface area (Å²) in [6.07, 6.45) is -5.30. The summed E-state index contributed by atoms with van der Waals surface area (Å²) >= 11 is 0. The fourth-order valence-electron chi connectivity index (χ4n) is 4.69. The average Bonchev–Trinajstić information content (AvgIpc) is 2.98. The number of urea groups is 1. The van der Waals surface area contributed by atoms with E-state index in [-0.39, 0.29) is 47.3 Å². The molecule has 0 aliphatic carbocycles. The number of nitrogens with one attached hydrogen (secondary N) is 2. The monoisotopic (exact) mass is 652 g/mol. The van der Waals surface area contributed by atoms with Crippen LogP contribution in [0.2, 0.25) is 0 Å². The van der Waals surface area contributed by atoms with Gasteiger partial charge in [0.05, 0.1) is 35.2 Å². The number of halogens is 4. The van der Waals surface area contributed by atoms with Crippen molar-refractivity contribution in [3.05, 3.63) is 83.7 Å². The van der Waals surface area contributed by atoms with Crippen LogP contribution in [0.3, 0.4) is 0 Å². The number of aliphatic hydroxyl groups is 1. The zero-order valence-electron chi connectivity index (χ0n) is 24.5. The largest absolute Gasteiger partial charge is 0.488 e. The van der Waals surface area contributed by atoms with Crippen LogP contribution in [-0.4, -0.2) is 73.6 Å². The minimum atomic E-state index is -4.53. The molecule has 0 spiro atoms. The smallest absolute Gasteiger partial charge is 0.416 e. The van der Waals surface area contributed by atoms with E-state index in [1.54, 1.807) is 13.8 Å². The molecule has 3 N–H and O–H groups in total. The first kappa shape index (κ1) is 33.7. The fourth-order valence-corrected chi connectivity index (χ4v) is 5.88. The van der Waals surface area contributed by atoms with Crippen LogP contribution >= 0.6 is 0 Å². The number of fused-ring (bicyclic) bond motifs is 1. The number of sulfonamides is 1. The van der Waals surface area contributed by atoms with Crippen molar-refractivity contribution in [2.75, 3.05) is 37.4 Å². The van der Waals surface area contributed by atoms with E-state index in [9.17, 15) is 40.7 Å². The third kappa shape index (κ3) is 7.90. The van der Waals surface area contributed by atoms with Crippen LogP contribution in [-0.2, 0) is 16.2 Å². The summed E-state index contributed by atoms with van der Waals surface area (Å²) in [4.78, 5) is 27.6. The molecule has 4 rings (SSSR count). The number of ether oxygens (including phenoxy) is 1. The zero-order chi connectivity index (χ0) is 33.1. The second kappa shape index (κ2) is 13.4. The lowest BCUT2D eigenvalue weighted by molar-refractivity contribution is -0.137. The zero-order valence-corrected chi connectivity index (χ0v) is 25.3. The Bertz CT molecular complexity index is 1640. The van der Waals surface area contributed by atoms with E-state index in [0.717, 1.165) is 52.8 Å². The number of hydrogen-bond acceptors (Lipinski definition) is 6. The normalized spacial score (nSPS) is 18.0. The number of rotatable bonds is 8. The van der Waals surface area contributed by atoms with Gasteiger partial charge in [0.2, 0.25) is 10.0 Å². The van der Waals surface area contributed by atoms with Crippen molar-refractivity contribution in [3.63, 3.8) is 0 Å². The summed E-state index contributed by atoms with van der Waals surface area (Å²) in [7, 11) is -2.66. The van der Waals surface area contributed by atoms with E-state index in [1.807, 2.05) is 0 Å². The molecule has 3 aromatic carbocycles. The van der Waals surface area contributed by atoms with Gasteiger partial charge in [-0.15, -0.1) is 0 Å². The minimum absolute atomic E-state index is 0.0311. The molecule has 0 unspecified atom stereocenters. The number of hydrogen-bond donors (Lipinski definition) is 3. The first-order valence-electron chi connectivity index (χ1n) is 13.8. The third-order valence-electron chi connectivity index (χ3n) is 7.35. The Morgan fingerprint density at radius 2 is 1.67 bits per heavy atom. The summed E-state index contributed by atoms with van der Waals surface area (Å²) in [5.74, 6) is -1.39. The average molecular weight is 653 g/mol. The number of aliphatic hydroxyl groups excluding tert-OH is 1. The summed E-state index contributed by atoms with van der Waals surface area (Å²) in [5.41, 5.74) is -0.579. The van der Waals surface area contributed by atoms with Gasteiger partial charge in [0, 0.05) is 30.9 Å². The Kier molecular flexibility index (Phi) is 10.0. The highest BCUT2D eigenvalue weighted by atomic mass is 32.2. The van der Waals surface area contributed by atoms with Crippen molar-refractivity contribution in [1.82, 2.24) is 9.21 Å². The van der Waals surface area contributed by atoms with Gasteiger partial charge in [-0.05, 0) is 73.7 Å². The highest BCUT2D eigenvalue weighted by Gasteiger charge is 2.35. The molecule has 15 heteroatoms. The van der Waals surface area contributed by atoms with Crippen LogP contribution in [0.4, 0.5) is 33.7 Å². The molecule has 1 aliphatic heterocycles. The highest BCUT2D eigenvalue weighted by Crippen LogP contribution is 2.32. The maximum Gasteiger partial charge on any atom is 0.416 e. The molecule has 3 atom stereocenters. The molecule has 0 saturated carbocycles. The van der Waals surface area contributed by atoms with Crippen LogP contribution in [0.25, 0.3) is 0 Å². The van der Waals surface area contributed by atoms with E-state index in [1.165, 1.54) is 30.1 Å². The van der Waals surface area contributed by atoms with Crippen molar-refractivity contribution in [3.8, 4) is 5.75 Å². The summed E-state index contributed by atoms with van der Waals surface area (Å²) in [5, 5.41) is 14.8. The molecular formula is C30H32F4N4O6S. The minimum Gasteiger partial charge on any atom is -0.488 e. The first-order chi connectivity index (χ1) is 21.1. The quantitative estimate of drug-likeness (QED) is 0.293. The summed E-state index contributed by atoms with van der Waals surface area (Å²) in [6, 6.07) is 11.1. The molecule has 242 valence electrons. The molecule has 0 aromatic heterocycles. The highest BCUT2D eigenvalue weighted by molar-refractivity contribution is 7.89. The molecule has 0 radical (unpaired) electrons. The predicted molar refractivity (Wildman–Crippen MR) is 158 cm³/mol. The SMILES string of the molecule is C[C@@H]1CN([C@H](C)CO)C(=O)c2cc(NC(=O)Nc3ccc(C(F)(F)F)cc3)ccc2O[C@H]1CN(C)S(=O)(=O)c1ccc(F)cc1. The number of carbonyl (C=O) groups is 2. The van der Waals surface area contributed by atoms with Crippen LogP contribution in [0.5, 0.6) is 5.75 Å². The van der Waals surface area contributed by atoms with Gasteiger partial charge >= 0.3 is 12.2 Å². The number of likely N-dealkylation sites (N-methyl/N-ethyl adjacent to an activating group) is 1. The number of alkyl halides is 3. The topological polar surface area (TPSA) is 128 Å². The third-order valence-corrected chi connectivity index (χ3v) is 9.19. The van der Waals surface area contributed by atoms with Crippen molar-refractivity contribution in [2.45, 2.75) is 37.1 Å². The Labute approximate surface area is 257 Å². The van der Waals surface area contributed by atoms with Crippen LogP contribution in [0.15, 0.2) is 71.6 Å². The Balaban J connectivity index is 1.58. The Morgan fingerprint density at radius 3 is 2.27 bits per heavy atom. The van der Waals surface area contributed by atoms with E-state index in [0.29, 0.717) is 0 Å². The number of amides is 3. The molecule has 0 fully saturated rings. The number of nitrogens with zero attached hydrogens (tertiary/aromatic N) is 2. The van der Waals surface area contributed by atoms with Gasteiger partial charge in [-0.25, -0.2) is 17.6 Å². The second-order valence-corrected chi connectivity index (χ2v) is 12.8. The van der Waals surface area contributed by atoms with Crippen molar-refractivity contribution < 1.29 is 45.4 Å². The second-order valence-electron chi connectivity index (χ2n) is 10.7. The number of carbonyl (C=O) groups excluding carboxylic acids is 2. The maximum atomic E-state index is 13.7. The van der Waals surface area contributed by atoms with E-state index < -0.39 is 57.6 Å². The molecule has 1 aliphatic rings. The molecule has 1 heterocycles. The molecule has 3 aromatic rings. The standard InChI is InChI=1S/C30H32F4N4O6S/c1-18-15-38(19(2)17-39)28(40)25-14-23(36-29(41)35-22-8-4-20(5-9-22)30(32,33)34)10-13-26(25)44-27(18)16-37(3)45(42,43)24-11-6-21(31)7-12-24/h4-14,18-19,27,39H,15-17H2,1-3H3,(H2,35,36,41)/t18-,19-,27+/m1/s1. The fraction of sp³-hybridized carbons (Fsp3) is 0.333. The lowest BCUT2D eigenvalue weighted by Crippen LogP contribution is -2.50. The van der Waals surface area contributed by atoms with Gasteiger partial charge in [0.25, 0.3) is 5.91 Å². The molecule has 45 heavy (non-hydrogen) atoms. The first-order valence-corrected chi connectivity index (χ1v) is 15.2. The van der Waals surface area contributed by atoms with Crippen molar-refractivity contribution in [2.24, 2.45) is 5.92 Å². The van der Waals surface area contributed by atoms with E-state index >= 15 is 0 Å². The van der Waals surface area contributed by atoms with Gasteiger partial charge in [0.1, 0.15) is 17.7 Å². The van der Waals surface area contributed by atoms with Crippen LogP contribution < -0.4 is 15.4 Å². The van der Waals surface area contributed by atoms with E-state index in [2.05, 4.69) is 10.6 Å². The number of anilines is 2. The van der Waals surface area contributed by atoms with Crippen LogP contribution in [0, 0.1) is 11.7 Å². The van der Waals surface area contributed by atoms with Crippen molar-refractivity contribution >= 4 is 33.3 Å². The molecule has 0 bridgehead atoms. The lowest BCUT2D eigenvalue weighted by Gasteiger charge is -2.38. The summed E-state index contributed by atoms with van der Waals surface area (Å²) < 4.78 is 85.6. The molecule has 10 nitrogen and oxygen atoms in total. The van der Waals surface area contributed by atoms with E-state index in [4.69, 9.17) is 4.74 Å². The molecular weight excluding hydrogens is 620 g/mol. The molecule has 3 amide bonds. The van der Waals surface area contributed by atoms with Gasteiger partial charge in [-0.3, -0.25) is 4.79 Å². The Morgan fingerprint density at radius 1 is 1.07 bits per heavy atom. The van der Waals surface area contributed by atoms with Gasteiger partial charge in [-0.1, -0.05) is 6.92 Å². The van der Waals surface area contributed by atoms with Gasteiger partial charge < -0.3 is 25.4 Å². The van der Waals surface area contributed by atoms with Gasteiger partial charge in [-0.2, -0.15) is 17.5 Å².